The number of imidazole rings is 1. The number of carbonyl (C=O) groups excluding carboxylic acids is 1. The summed E-state index contributed by atoms with van der Waals surface area (Å²) in [5.74, 6) is 0.469. The number of hydrogen-bond acceptors (Lipinski definition) is 6. The highest BCUT2D eigenvalue weighted by molar-refractivity contribution is 6.32. The maximum absolute atomic E-state index is 13.4. The first-order valence-corrected chi connectivity index (χ1v) is 12.5. The maximum atomic E-state index is 13.4. The van der Waals surface area contributed by atoms with E-state index in [1.807, 2.05) is 24.3 Å². The van der Waals surface area contributed by atoms with E-state index in [-0.39, 0.29) is 17.5 Å². The number of aromatic nitrogens is 7. The lowest BCUT2D eigenvalue weighted by Gasteiger charge is -2.15. The summed E-state index contributed by atoms with van der Waals surface area (Å²) in [4.78, 5) is 32.6. The molecule has 5 aromatic rings. The van der Waals surface area contributed by atoms with Crippen molar-refractivity contribution < 1.29 is 4.79 Å². The molecule has 190 valence electrons. The van der Waals surface area contributed by atoms with Gasteiger partial charge in [-0.2, -0.15) is 4.68 Å². The minimum absolute atomic E-state index is 0.143. The van der Waals surface area contributed by atoms with Gasteiger partial charge in [0, 0.05) is 40.5 Å². The molecule has 0 spiro atoms. The fraction of sp³-hybridized carbons (Fsp3) is 0.154. The first kappa shape index (κ1) is 24.1. The number of fused-ring (bicyclic) bond motifs is 1. The molecule has 4 heterocycles. The van der Waals surface area contributed by atoms with Crippen molar-refractivity contribution in [2.24, 2.45) is 0 Å². The molecule has 0 radical (unpaired) electrons. The summed E-state index contributed by atoms with van der Waals surface area (Å²) in [7, 11) is 0. The third-order valence-electron chi connectivity index (χ3n) is 6.49. The Kier molecular flexibility index (Phi) is 6.05. The first-order valence-electron chi connectivity index (χ1n) is 11.8. The van der Waals surface area contributed by atoms with Gasteiger partial charge in [0.1, 0.15) is 12.2 Å². The second-order valence-corrected chi connectivity index (χ2v) is 9.75. The number of rotatable bonds is 5. The van der Waals surface area contributed by atoms with Crippen LogP contribution in [0.5, 0.6) is 0 Å². The summed E-state index contributed by atoms with van der Waals surface area (Å²) in [6.45, 7) is 1.46. The first-order chi connectivity index (χ1) is 18.4. The fourth-order valence-electron chi connectivity index (χ4n) is 4.86. The Balaban J connectivity index is 1.35. The molecule has 1 aliphatic heterocycles. The molecule has 12 heteroatoms. The Morgan fingerprint density at radius 1 is 1.08 bits per heavy atom. The van der Waals surface area contributed by atoms with Gasteiger partial charge in [-0.1, -0.05) is 35.3 Å². The second kappa shape index (κ2) is 9.55. The Labute approximate surface area is 226 Å². The van der Waals surface area contributed by atoms with E-state index in [1.165, 1.54) is 17.9 Å². The number of amides is 1. The second-order valence-electron chi connectivity index (χ2n) is 8.96. The highest BCUT2D eigenvalue weighted by atomic mass is 35.5. The predicted octanol–water partition coefficient (Wildman–Crippen LogP) is 4.68. The number of carbonyl (C=O) groups is 1. The molecular weight excluding hydrogens is 527 g/mol. The van der Waals surface area contributed by atoms with Crippen molar-refractivity contribution in [3.63, 3.8) is 0 Å². The van der Waals surface area contributed by atoms with Crippen LogP contribution in [0.4, 0.5) is 5.69 Å². The van der Waals surface area contributed by atoms with E-state index in [0.29, 0.717) is 45.9 Å². The maximum Gasteiger partial charge on any atom is 0.252 e. The van der Waals surface area contributed by atoms with Gasteiger partial charge in [0.2, 0.25) is 5.91 Å². The number of benzene rings is 2. The van der Waals surface area contributed by atoms with E-state index in [1.54, 1.807) is 34.9 Å². The smallest absolute Gasteiger partial charge is 0.252 e. The molecule has 3 aromatic heterocycles. The van der Waals surface area contributed by atoms with Crippen LogP contribution < -0.4 is 10.9 Å². The zero-order valence-corrected chi connectivity index (χ0v) is 21.5. The number of nitrogens with one attached hydrogen (secondary N) is 2. The van der Waals surface area contributed by atoms with Gasteiger partial charge in [-0.3, -0.25) is 9.59 Å². The van der Waals surface area contributed by atoms with E-state index < -0.39 is 0 Å². The van der Waals surface area contributed by atoms with Crippen LogP contribution in [-0.2, 0) is 11.2 Å². The minimum Gasteiger partial charge on any atom is -0.339 e. The quantitative estimate of drug-likeness (QED) is 0.329. The third kappa shape index (κ3) is 4.37. The van der Waals surface area contributed by atoms with Crippen molar-refractivity contribution in [1.29, 1.82) is 0 Å². The lowest BCUT2D eigenvalue weighted by atomic mass is 10.0. The van der Waals surface area contributed by atoms with E-state index in [9.17, 15) is 9.59 Å². The third-order valence-corrected chi connectivity index (χ3v) is 7.00. The molecule has 1 unspecified atom stereocenters. The number of hydrogen-bond donors (Lipinski definition) is 2. The number of tetrazole rings is 1. The molecule has 6 rings (SSSR count). The zero-order chi connectivity index (χ0) is 26.4. The molecule has 2 aromatic carbocycles. The predicted molar refractivity (Wildman–Crippen MR) is 144 cm³/mol. The van der Waals surface area contributed by atoms with Crippen molar-refractivity contribution >= 4 is 34.8 Å². The summed E-state index contributed by atoms with van der Waals surface area (Å²) in [6.07, 6.45) is 2.88. The SMILES string of the molecule is CC(=O)Nc1ccc(-c2[nH]c(C3CCc4cc(-c5cc(Cl)ccc5-n5cnnn5)cc(=O)n43)nc2Cl)cc1. The van der Waals surface area contributed by atoms with Crippen LogP contribution in [0.15, 0.2) is 65.7 Å². The molecule has 0 saturated heterocycles. The molecule has 0 fully saturated rings. The van der Waals surface area contributed by atoms with Crippen LogP contribution in [0.3, 0.4) is 0 Å². The van der Waals surface area contributed by atoms with Crippen molar-refractivity contribution in [3.05, 3.63) is 93.0 Å². The van der Waals surface area contributed by atoms with Crippen LogP contribution in [0, 0.1) is 0 Å². The summed E-state index contributed by atoms with van der Waals surface area (Å²) in [6, 6.07) is 16.0. The number of pyridine rings is 1. The van der Waals surface area contributed by atoms with E-state index >= 15 is 0 Å². The Morgan fingerprint density at radius 3 is 2.63 bits per heavy atom. The molecule has 0 saturated carbocycles. The molecule has 1 aliphatic rings. The van der Waals surface area contributed by atoms with E-state index in [0.717, 1.165) is 22.4 Å². The van der Waals surface area contributed by atoms with Gasteiger partial charge in [-0.25, -0.2) is 4.98 Å². The molecule has 10 nitrogen and oxygen atoms in total. The van der Waals surface area contributed by atoms with E-state index in [4.69, 9.17) is 23.2 Å². The van der Waals surface area contributed by atoms with Gasteiger partial charge in [0.15, 0.2) is 5.15 Å². The van der Waals surface area contributed by atoms with Gasteiger partial charge in [0.25, 0.3) is 5.56 Å². The van der Waals surface area contributed by atoms with Gasteiger partial charge >= 0.3 is 0 Å². The average molecular weight is 547 g/mol. The van der Waals surface area contributed by atoms with Crippen LogP contribution in [0.1, 0.15) is 30.9 Å². The largest absolute Gasteiger partial charge is 0.339 e. The number of aryl methyl sites for hydroxylation is 1. The summed E-state index contributed by atoms with van der Waals surface area (Å²) < 4.78 is 3.29. The lowest BCUT2D eigenvalue weighted by molar-refractivity contribution is -0.114. The number of nitrogens with zero attached hydrogens (tertiary/aromatic N) is 6. The summed E-state index contributed by atoms with van der Waals surface area (Å²) in [5, 5.41) is 15.0. The highest BCUT2D eigenvalue weighted by Gasteiger charge is 2.29. The minimum atomic E-state index is -0.283. The van der Waals surface area contributed by atoms with Gasteiger partial charge in [-0.05, 0) is 65.2 Å². The molecule has 1 amide bonds. The normalized spacial score (nSPS) is 14.4. The van der Waals surface area contributed by atoms with Crippen molar-refractivity contribution in [3.8, 4) is 28.1 Å². The van der Waals surface area contributed by atoms with Crippen LogP contribution in [0.25, 0.3) is 28.1 Å². The molecular formula is C26H20Cl2N8O2. The molecule has 2 N–H and O–H groups in total. The average Bonchev–Trinajstić information content (AvgIpc) is 3.64. The Morgan fingerprint density at radius 2 is 1.89 bits per heavy atom. The summed E-state index contributed by atoms with van der Waals surface area (Å²) in [5.41, 5.74) is 5.08. The van der Waals surface area contributed by atoms with Crippen LogP contribution in [-0.4, -0.2) is 40.6 Å². The van der Waals surface area contributed by atoms with Gasteiger partial charge in [0.05, 0.1) is 17.4 Å². The van der Waals surface area contributed by atoms with Gasteiger partial charge in [-0.15, -0.1) is 5.10 Å². The van der Waals surface area contributed by atoms with Crippen molar-refractivity contribution in [2.75, 3.05) is 5.32 Å². The Bertz CT molecular complexity index is 1730. The Hall–Kier alpha value is -4.28. The molecule has 0 aliphatic carbocycles. The van der Waals surface area contributed by atoms with Crippen LogP contribution in [0.2, 0.25) is 10.2 Å². The highest BCUT2D eigenvalue weighted by Crippen LogP contribution is 2.36. The van der Waals surface area contributed by atoms with Crippen molar-refractivity contribution in [1.82, 2.24) is 34.7 Å². The van der Waals surface area contributed by atoms with Crippen LogP contribution >= 0.6 is 23.2 Å². The topological polar surface area (TPSA) is 123 Å². The standard InChI is InChI=1S/C26H20Cl2N8O2/c1-14(37)30-18-5-2-15(3-6-18)24-25(28)32-26(31-24)22-9-7-19-10-16(11-23(38)36(19)22)20-12-17(27)4-8-21(20)35-13-29-33-34-35/h2-6,8,10-13,22H,7,9H2,1H3,(H,30,37)(H,31,32). The zero-order valence-electron chi connectivity index (χ0n) is 20.0. The van der Waals surface area contributed by atoms with Crippen molar-refractivity contribution in [2.45, 2.75) is 25.8 Å². The van der Waals surface area contributed by atoms with E-state index in [2.05, 4.69) is 30.8 Å². The summed E-state index contributed by atoms with van der Waals surface area (Å²) >= 11 is 12.8. The monoisotopic (exact) mass is 546 g/mol. The molecule has 1 atom stereocenters. The fourth-order valence-corrected chi connectivity index (χ4v) is 5.28. The lowest BCUT2D eigenvalue weighted by Crippen LogP contribution is -2.24. The number of aromatic amines is 1. The number of halogens is 2. The number of anilines is 1. The van der Waals surface area contributed by atoms with Gasteiger partial charge < -0.3 is 14.9 Å². The number of H-pyrrole nitrogens is 1. The molecule has 0 bridgehead atoms. The molecule has 38 heavy (non-hydrogen) atoms.